The van der Waals surface area contributed by atoms with Crippen LogP contribution in [0.1, 0.15) is 5.69 Å². The van der Waals surface area contributed by atoms with Gasteiger partial charge in [0.15, 0.2) is 0 Å². The molecular formula is C13H13NO2. The number of benzene rings is 1. The fourth-order valence-corrected chi connectivity index (χ4v) is 1.60. The first-order valence-electron chi connectivity index (χ1n) is 5.05. The van der Waals surface area contributed by atoms with Gasteiger partial charge in [0, 0.05) is 11.6 Å². The molecule has 0 unspecified atom stereocenters. The van der Waals surface area contributed by atoms with Gasteiger partial charge in [0.05, 0.1) is 19.4 Å². The molecule has 16 heavy (non-hydrogen) atoms. The van der Waals surface area contributed by atoms with E-state index in [4.69, 9.17) is 4.74 Å². The summed E-state index contributed by atoms with van der Waals surface area (Å²) in [5, 5.41) is 9.28. The van der Waals surface area contributed by atoms with Crippen molar-refractivity contribution in [1.82, 2.24) is 4.98 Å². The third kappa shape index (κ3) is 2.04. The van der Waals surface area contributed by atoms with Crippen LogP contribution in [0.4, 0.5) is 0 Å². The van der Waals surface area contributed by atoms with Gasteiger partial charge >= 0.3 is 0 Å². The molecule has 0 saturated carbocycles. The number of ether oxygens (including phenoxy) is 1. The lowest BCUT2D eigenvalue weighted by Gasteiger charge is -2.08. The summed E-state index contributed by atoms with van der Waals surface area (Å²) >= 11 is 0. The summed E-state index contributed by atoms with van der Waals surface area (Å²) in [7, 11) is 1.56. The van der Waals surface area contributed by atoms with Crippen molar-refractivity contribution in [3.63, 3.8) is 0 Å². The van der Waals surface area contributed by atoms with E-state index in [1.807, 2.05) is 36.4 Å². The summed E-state index contributed by atoms with van der Waals surface area (Å²) in [5.74, 6) is 0.517. The van der Waals surface area contributed by atoms with Crippen molar-refractivity contribution in [2.24, 2.45) is 0 Å². The van der Waals surface area contributed by atoms with E-state index in [0.29, 0.717) is 11.6 Å². The van der Waals surface area contributed by atoms with E-state index in [1.165, 1.54) is 0 Å². The third-order valence-electron chi connectivity index (χ3n) is 2.39. The van der Waals surface area contributed by atoms with Crippen LogP contribution in [0.25, 0.3) is 11.1 Å². The van der Waals surface area contributed by atoms with E-state index >= 15 is 0 Å². The predicted octanol–water partition coefficient (Wildman–Crippen LogP) is 2.25. The van der Waals surface area contributed by atoms with Gasteiger partial charge in [0.2, 0.25) is 5.88 Å². The highest BCUT2D eigenvalue weighted by molar-refractivity contribution is 5.66. The Morgan fingerprint density at radius 2 is 1.88 bits per heavy atom. The zero-order valence-corrected chi connectivity index (χ0v) is 9.05. The van der Waals surface area contributed by atoms with E-state index in [2.05, 4.69) is 4.98 Å². The third-order valence-corrected chi connectivity index (χ3v) is 2.39. The van der Waals surface area contributed by atoms with Crippen molar-refractivity contribution in [2.75, 3.05) is 7.11 Å². The zero-order chi connectivity index (χ0) is 11.4. The number of methoxy groups -OCH3 is 1. The van der Waals surface area contributed by atoms with Crippen molar-refractivity contribution in [2.45, 2.75) is 6.61 Å². The Labute approximate surface area is 94.3 Å². The monoisotopic (exact) mass is 215 g/mol. The van der Waals surface area contributed by atoms with E-state index in [1.54, 1.807) is 13.2 Å². The largest absolute Gasteiger partial charge is 0.481 e. The number of hydrogen-bond donors (Lipinski definition) is 1. The standard InChI is InChI=1S/C13H13NO2/c1-16-13-8-7-11(12(9-15)14-13)10-5-3-2-4-6-10/h2-8,15H,9H2,1H3. The van der Waals surface area contributed by atoms with Gasteiger partial charge in [-0.2, -0.15) is 0 Å². The Kier molecular flexibility index (Phi) is 3.17. The van der Waals surface area contributed by atoms with Crippen molar-refractivity contribution in [3.8, 4) is 17.0 Å². The molecule has 3 nitrogen and oxygen atoms in total. The molecule has 0 fully saturated rings. The lowest BCUT2D eigenvalue weighted by molar-refractivity contribution is 0.275. The Balaban J connectivity index is 2.49. The minimum atomic E-state index is -0.0958. The van der Waals surface area contributed by atoms with Crippen molar-refractivity contribution < 1.29 is 9.84 Å². The lowest BCUT2D eigenvalue weighted by atomic mass is 10.0. The van der Waals surface area contributed by atoms with Crippen LogP contribution < -0.4 is 4.74 Å². The van der Waals surface area contributed by atoms with Crippen molar-refractivity contribution in [3.05, 3.63) is 48.2 Å². The van der Waals surface area contributed by atoms with E-state index < -0.39 is 0 Å². The van der Waals surface area contributed by atoms with Gasteiger partial charge in [-0.25, -0.2) is 4.98 Å². The fourth-order valence-electron chi connectivity index (χ4n) is 1.60. The number of hydrogen-bond acceptors (Lipinski definition) is 3. The predicted molar refractivity (Wildman–Crippen MR) is 62.1 cm³/mol. The Morgan fingerprint density at radius 1 is 1.12 bits per heavy atom. The van der Waals surface area contributed by atoms with Crippen LogP contribution in [0.2, 0.25) is 0 Å². The number of aliphatic hydroxyl groups excluding tert-OH is 1. The molecule has 1 aromatic heterocycles. The molecule has 82 valence electrons. The minimum absolute atomic E-state index is 0.0958. The SMILES string of the molecule is COc1ccc(-c2ccccc2)c(CO)n1. The minimum Gasteiger partial charge on any atom is -0.481 e. The van der Waals surface area contributed by atoms with Gasteiger partial charge in [-0.3, -0.25) is 0 Å². The second-order valence-electron chi connectivity index (χ2n) is 3.37. The first-order valence-corrected chi connectivity index (χ1v) is 5.05. The maximum Gasteiger partial charge on any atom is 0.213 e. The van der Waals surface area contributed by atoms with Gasteiger partial charge in [-0.1, -0.05) is 30.3 Å². The van der Waals surface area contributed by atoms with E-state index in [0.717, 1.165) is 11.1 Å². The van der Waals surface area contributed by atoms with Gasteiger partial charge in [0.25, 0.3) is 0 Å². The second kappa shape index (κ2) is 4.77. The first-order chi connectivity index (χ1) is 7.85. The van der Waals surface area contributed by atoms with Crippen molar-refractivity contribution in [1.29, 1.82) is 0 Å². The summed E-state index contributed by atoms with van der Waals surface area (Å²) in [4.78, 5) is 4.21. The summed E-state index contributed by atoms with van der Waals surface area (Å²) in [5.41, 5.74) is 2.61. The molecule has 0 saturated heterocycles. The van der Waals surface area contributed by atoms with Gasteiger partial charge < -0.3 is 9.84 Å². The van der Waals surface area contributed by atoms with Crippen molar-refractivity contribution >= 4 is 0 Å². The van der Waals surface area contributed by atoms with Gasteiger partial charge in [-0.05, 0) is 11.6 Å². The number of aromatic nitrogens is 1. The molecule has 0 radical (unpaired) electrons. The second-order valence-corrected chi connectivity index (χ2v) is 3.37. The van der Waals surface area contributed by atoms with Gasteiger partial charge in [-0.15, -0.1) is 0 Å². The first kappa shape index (κ1) is 10.6. The molecule has 0 bridgehead atoms. The van der Waals surface area contributed by atoms with Crippen LogP contribution in [-0.2, 0) is 6.61 Å². The van der Waals surface area contributed by atoms with Crippen LogP contribution in [-0.4, -0.2) is 17.2 Å². The normalized spacial score (nSPS) is 10.1. The summed E-state index contributed by atoms with van der Waals surface area (Å²) in [6.07, 6.45) is 0. The molecule has 1 heterocycles. The fraction of sp³-hybridized carbons (Fsp3) is 0.154. The maximum atomic E-state index is 9.28. The molecule has 2 rings (SSSR count). The van der Waals surface area contributed by atoms with Crippen LogP contribution in [0.3, 0.4) is 0 Å². The average molecular weight is 215 g/mol. The molecule has 0 amide bonds. The zero-order valence-electron chi connectivity index (χ0n) is 9.05. The molecular weight excluding hydrogens is 202 g/mol. The molecule has 0 atom stereocenters. The summed E-state index contributed by atoms with van der Waals surface area (Å²) < 4.78 is 5.03. The summed E-state index contributed by atoms with van der Waals surface area (Å²) in [6.45, 7) is -0.0958. The molecule has 1 N–H and O–H groups in total. The summed E-state index contributed by atoms with van der Waals surface area (Å²) in [6, 6.07) is 13.6. The van der Waals surface area contributed by atoms with Crippen LogP contribution in [0.15, 0.2) is 42.5 Å². The quantitative estimate of drug-likeness (QED) is 0.853. The Hall–Kier alpha value is -1.87. The lowest BCUT2D eigenvalue weighted by Crippen LogP contribution is -1.96. The molecule has 0 aliphatic heterocycles. The topological polar surface area (TPSA) is 42.4 Å². The maximum absolute atomic E-state index is 9.28. The number of pyridine rings is 1. The van der Waals surface area contributed by atoms with Gasteiger partial charge in [0.1, 0.15) is 0 Å². The van der Waals surface area contributed by atoms with E-state index in [-0.39, 0.29) is 6.61 Å². The Bertz CT molecular complexity index is 469. The van der Waals surface area contributed by atoms with Crippen LogP contribution in [0, 0.1) is 0 Å². The molecule has 1 aromatic carbocycles. The molecule has 0 aliphatic rings. The smallest absolute Gasteiger partial charge is 0.213 e. The van der Waals surface area contributed by atoms with E-state index in [9.17, 15) is 5.11 Å². The highest BCUT2D eigenvalue weighted by Crippen LogP contribution is 2.24. The number of rotatable bonds is 3. The van der Waals surface area contributed by atoms with Crippen LogP contribution in [0.5, 0.6) is 5.88 Å². The molecule has 2 aromatic rings. The van der Waals surface area contributed by atoms with Crippen LogP contribution >= 0.6 is 0 Å². The average Bonchev–Trinajstić information content (AvgIpc) is 2.39. The molecule has 0 spiro atoms. The number of nitrogens with zero attached hydrogens (tertiary/aromatic N) is 1. The molecule has 0 aliphatic carbocycles. The Morgan fingerprint density at radius 3 is 2.50 bits per heavy atom. The molecule has 3 heteroatoms. The highest BCUT2D eigenvalue weighted by Gasteiger charge is 2.06. The number of aliphatic hydroxyl groups is 1. The highest BCUT2D eigenvalue weighted by atomic mass is 16.5.